The Bertz CT molecular complexity index is 708. The van der Waals surface area contributed by atoms with Gasteiger partial charge in [0.15, 0.2) is 4.67 Å². The number of aromatic nitrogens is 1. The highest BCUT2D eigenvalue weighted by molar-refractivity contribution is 9.10. The summed E-state index contributed by atoms with van der Waals surface area (Å²) in [7, 11) is -3.68. The molecule has 2 N–H and O–H groups in total. The van der Waals surface area contributed by atoms with E-state index in [4.69, 9.17) is 8.94 Å². The van der Waals surface area contributed by atoms with Gasteiger partial charge in [-0.2, -0.15) is 0 Å². The molecule has 0 bridgehead atoms. The van der Waals surface area contributed by atoms with Crippen LogP contribution in [0.25, 0.3) is 0 Å². The van der Waals surface area contributed by atoms with E-state index in [0.29, 0.717) is 23.8 Å². The highest BCUT2D eigenvalue weighted by Gasteiger charge is 2.22. The molecule has 2 heterocycles. The smallest absolute Gasteiger partial charge is 0.245 e. The molecule has 21 heavy (non-hydrogen) atoms. The summed E-state index contributed by atoms with van der Waals surface area (Å²) in [5.74, 6) is 1.17. The van der Waals surface area contributed by atoms with Crippen molar-refractivity contribution in [2.45, 2.75) is 31.8 Å². The fourth-order valence-corrected chi connectivity index (χ4v) is 3.66. The van der Waals surface area contributed by atoms with Gasteiger partial charge in [-0.3, -0.25) is 0 Å². The first-order valence-electron chi connectivity index (χ1n) is 6.33. The number of hydrogen-bond donors (Lipinski definition) is 2. The lowest BCUT2D eigenvalue weighted by molar-refractivity contribution is 0.390. The van der Waals surface area contributed by atoms with E-state index in [2.05, 4.69) is 31.1 Å². The van der Waals surface area contributed by atoms with Gasteiger partial charge < -0.3 is 14.3 Å². The molecule has 0 aliphatic heterocycles. The molecule has 0 spiro atoms. The van der Waals surface area contributed by atoms with Gasteiger partial charge in [0.25, 0.3) is 0 Å². The number of hydrogen-bond acceptors (Lipinski definition) is 6. The molecule has 0 radical (unpaired) electrons. The van der Waals surface area contributed by atoms with Crippen molar-refractivity contribution < 1.29 is 17.4 Å². The summed E-state index contributed by atoms with van der Waals surface area (Å²) >= 11 is 3.13. The van der Waals surface area contributed by atoms with E-state index in [-0.39, 0.29) is 16.1 Å². The minimum Gasteiger partial charge on any atom is -0.452 e. The highest BCUT2D eigenvalue weighted by atomic mass is 79.9. The Morgan fingerprint density at radius 3 is 2.71 bits per heavy atom. The number of nitrogens with one attached hydrogen (secondary N) is 2. The SMILES string of the molecule is CCNCc1cc(S(=O)(=O)NCc2cc(C)on2)c(Br)o1. The first-order valence-corrected chi connectivity index (χ1v) is 8.60. The van der Waals surface area contributed by atoms with Crippen molar-refractivity contribution in [3.63, 3.8) is 0 Å². The summed E-state index contributed by atoms with van der Waals surface area (Å²) < 4.78 is 37.4. The number of nitrogens with zero attached hydrogens (tertiary/aromatic N) is 1. The van der Waals surface area contributed by atoms with E-state index in [1.165, 1.54) is 6.07 Å². The van der Waals surface area contributed by atoms with Crippen molar-refractivity contribution in [1.82, 2.24) is 15.2 Å². The van der Waals surface area contributed by atoms with Gasteiger partial charge in [-0.05, 0) is 29.4 Å². The van der Waals surface area contributed by atoms with Crippen LogP contribution in [0.15, 0.2) is 30.6 Å². The molecule has 0 amide bonds. The first-order chi connectivity index (χ1) is 9.92. The summed E-state index contributed by atoms with van der Waals surface area (Å²) in [6.45, 7) is 4.98. The molecule has 0 aliphatic rings. The zero-order valence-corrected chi connectivity index (χ0v) is 14.0. The first kappa shape index (κ1) is 16.2. The standard InChI is InChI=1S/C12H16BrN3O4S/c1-3-14-7-10-5-11(12(13)19-10)21(17,18)15-6-9-4-8(2)20-16-9/h4-5,14-15H,3,6-7H2,1-2H3. The van der Waals surface area contributed by atoms with Gasteiger partial charge in [0.05, 0.1) is 18.8 Å². The van der Waals surface area contributed by atoms with E-state index < -0.39 is 10.0 Å². The van der Waals surface area contributed by atoms with Crippen LogP contribution >= 0.6 is 15.9 Å². The third-order valence-electron chi connectivity index (χ3n) is 2.67. The Kier molecular flexibility index (Phi) is 5.20. The summed E-state index contributed by atoms with van der Waals surface area (Å²) in [6, 6.07) is 3.16. The summed E-state index contributed by atoms with van der Waals surface area (Å²) in [6.07, 6.45) is 0. The van der Waals surface area contributed by atoms with Gasteiger partial charge in [-0.15, -0.1) is 0 Å². The van der Waals surface area contributed by atoms with Crippen molar-refractivity contribution in [1.29, 1.82) is 0 Å². The molecule has 2 rings (SSSR count). The Morgan fingerprint density at radius 2 is 2.10 bits per heavy atom. The van der Waals surface area contributed by atoms with E-state index in [9.17, 15) is 8.42 Å². The number of sulfonamides is 1. The van der Waals surface area contributed by atoms with Crippen LogP contribution in [-0.4, -0.2) is 20.1 Å². The molecule has 0 unspecified atom stereocenters. The van der Waals surface area contributed by atoms with Crippen molar-refractivity contribution in [3.8, 4) is 0 Å². The highest BCUT2D eigenvalue weighted by Crippen LogP contribution is 2.26. The monoisotopic (exact) mass is 377 g/mol. The third-order valence-corrected chi connectivity index (χ3v) is 4.92. The number of rotatable bonds is 7. The number of aryl methyl sites for hydroxylation is 1. The Balaban J connectivity index is 2.09. The molecule has 2 aromatic heterocycles. The average Bonchev–Trinajstić information content (AvgIpc) is 3.00. The van der Waals surface area contributed by atoms with Crippen LogP contribution in [0.5, 0.6) is 0 Å². The molecular formula is C12H16BrN3O4S. The Hall–Kier alpha value is -1.16. The van der Waals surface area contributed by atoms with Crippen molar-refractivity contribution >= 4 is 26.0 Å². The normalized spacial score (nSPS) is 12.0. The minimum absolute atomic E-state index is 0.0554. The van der Waals surface area contributed by atoms with Gasteiger partial charge in [-0.25, -0.2) is 13.1 Å². The quantitative estimate of drug-likeness (QED) is 0.764. The molecule has 116 valence electrons. The predicted molar refractivity (Wildman–Crippen MR) is 79.1 cm³/mol. The number of halogens is 1. The van der Waals surface area contributed by atoms with Crippen LogP contribution < -0.4 is 10.0 Å². The van der Waals surface area contributed by atoms with Gasteiger partial charge in [0.1, 0.15) is 16.4 Å². The lowest BCUT2D eigenvalue weighted by Gasteiger charge is -2.02. The van der Waals surface area contributed by atoms with E-state index in [1.54, 1.807) is 13.0 Å². The predicted octanol–water partition coefficient (Wildman–Crippen LogP) is 1.93. The molecule has 7 nitrogen and oxygen atoms in total. The second-order valence-electron chi connectivity index (χ2n) is 4.38. The van der Waals surface area contributed by atoms with Crippen molar-refractivity contribution in [3.05, 3.63) is 34.0 Å². The van der Waals surface area contributed by atoms with Gasteiger partial charge in [0, 0.05) is 12.1 Å². The van der Waals surface area contributed by atoms with Crippen LogP contribution in [0.3, 0.4) is 0 Å². The molecule has 0 saturated carbocycles. The van der Waals surface area contributed by atoms with E-state index in [0.717, 1.165) is 6.54 Å². The second kappa shape index (κ2) is 6.73. The van der Waals surface area contributed by atoms with E-state index in [1.807, 2.05) is 6.92 Å². The Morgan fingerprint density at radius 1 is 1.33 bits per heavy atom. The third kappa shape index (κ3) is 4.16. The summed E-state index contributed by atoms with van der Waals surface area (Å²) in [4.78, 5) is 0.0654. The maximum absolute atomic E-state index is 12.2. The van der Waals surface area contributed by atoms with Gasteiger partial charge in [-0.1, -0.05) is 12.1 Å². The minimum atomic E-state index is -3.68. The topological polar surface area (TPSA) is 97.4 Å². The van der Waals surface area contributed by atoms with Crippen LogP contribution in [0.4, 0.5) is 0 Å². The zero-order chi connectivity index (χ0) is 15.5. The number of furan rings is 1. The van der Waals surface area contributed by atoms with Gasteiger partial charge in [0.2, 0.25) is 10.0 Å². The molecule has 0 saturated heterocycles. The maximum Gasteiger partial charge on any atom is 0.245 e. The van der Waals surface area contributed by atoms with Crippen LogP contribution in [-0.2, 0) is 23.1 Å². The molecule has 0 aliphatic carbocycles. The summed E-state index contributed by atoms with van der Waals surface area (Å²) in [5, 5.41) is 6.80. The molecular weight excluding hydrogens is 362 g/mol. The molecule has 0 aromatic carbocycles. The lowest BCUT2D eigenvalue weighted by atomic mass is 10.4. The van der Waals surface area contributed by atoms with E-state index >= 15 is 0 Å². The fraction of sp³-hybridized carbons (Fsp3) is 0.417. The van der Waals surface area contributed by atoms with Crippen LogP contribution in [0.1, 0.15) is 24.1 Å². The van der Waals surface area contributed by atoms with Crippen LogP contribution in [0.2, 0.25) is 0 Å². The molecule has 2 aromatic rings. The zero-order valence-electron chi connectivity index (χ0n) is 11.6. The second-order valence-corrected chi connectivity index (χ2v) is 6.84. The average molecular weight is 378 g/mol. The molecule has 0 fully saturated rings. The molecule has 9 heteroatoms. The lowest BCUT2D eigenvalue weighted by Crippen LogP contribution is -2.23. The maximum atomic E-state index is 12.2. The van der Waals surface area contributed by atoms with Crippen LogP contribution in [0, 0.1) is 6.92 Å². The van der Waals surface area contributed by atoms with Crippen molar-refractivity contribution in [2.75, 3.05) is 6.54 Å². The van der Waals surface area contributed by atoms with Gasteiger partial charge >= 0.3 is 0 Å². The summed E-state index contributed by atoms with van der Waals surface area (Å²) in [5.41, 5.74) is 0.517. The fourth-order valence-electron chi connectivity index (χ4n) is 1.66. The van der Waals surface area contributed by atoms with Crippen molar-refractivity contribution in [2.24, 2.45) is 0 Å². The largest absolute Gasteiger partial charge is 0.452 e. The molecule has 0 atom stereocenters. The Labute approximate surface area is 131 Å².